The minimum atomic E-state index is -4.12. The van der Waals surface area contributed by atoms with Gasteiger partial charge >= 0.3 is 7.60 Å². The van der Waals surface area contributed by atoms with Crippen LogP contribution < -0.4 is 0 Å². The molecule has 0 spiro atoms. The molecule has 0 unspecified atom stereocenters. The Morgan fingerprint density at radius 3 is 2.11 bits per heavy atom. The van der Waals surface area contributed by atoms with Crippen molar-refractivity contribution in [1.29, 1.82) is 0 Å². The third kappa shape index (κ3) is 7.56. The van der Waals surface area contributed by atoms with Gasteiger partial charge in [-0.15, -0.1) is 0 Å². The van der Waals surface area contributed by atoms with E-state index in [0.717, 1.165) is 6.08 Å². The molecule has 52 valence electrons. The lowest BCUT2D eigenvalue weighted by molar-refractivity contribution is -0.112. The minimum absolute atomic E-state index is 0.377. The molecule has 9 heavy (non-hydrogen) atoms. The molecule has 0 atom stereocenters. The second-order valence-corrected chi connectivity index (χ2v) is 2.99. The van der Waals surface area contributed by atoms with Gasteiger partial charge in [0.1, 0.15) is 0 Å². The van der Waals surface area contributed by atoms with Crippen molar-refractivity contribution in [2.75, 3.05) is 0 Å². The number of ketones is 1. The van der Waals surface area contributed by atoms with Crippen molar-refractivity contribution in [3.63, 3.8) is 0 Å². The Kier molecular flexibility index (Phi) is 2.77. The predicted octanol–water partition coefficient (Wildman–Crippen LogP) is 0.267. The third-order valence-corrected chi connectivity index (χ3v) is 1.04. The van der Waals surface area contributed by atoms with Gasteiger partial charge in [-0.25, -0.2) is 0 Å². The summed E-state index contributed by atoms with van der Waals surface area (Å²) in [4.78, 5) is 26.3. The van der Waals surface area contributed by atoms with Crippen LogP contribution in [0.2, 0.25) is 0 Å². The fourth-order valence-electron chi connectivity index (χ4n) is 0.202. The summed E-state index contributed by atoms with van der Waals surface area (Å²) >= 11 is 0. The number of rotatable bonds is 2. The molecule has 0 saturated carbocycles. The van der Waals surface area contributed by atoms with Gasteiger partial charge in [-0.05, 0) is 13.0 Å². The summed E-state index contributed by atoms with van der Waals surface area (Å²) in [5.74, 6) is 0.202. The van der Waals surface area contributed by atoms with Gasteiger partial charge in [-0.3, -0.25) is 9.36 Å². The number of carbonyl (C=O) groups excluding carboxylic acids is 1. The zero-order valence-electron chi connectivity index (χ0n) is 4.81. The fraction of sp³-hybridized carbons (Fsp3) is 0.250. The molecule has 2 N–H and O–H groups in total. The van der Waals surface area contributed by atoms with E-state index < -0.39 is 7.60 Å². The van der Waals surface area contributed by atoms with Gasteiger partial charge in [0.15, 0.2) is 5.78 Å². The van der Waals surface area contributed by atoms with Crippen LogP contribution in [0.3, 0.4) is 0 Å². The monoisotopic (exact) mass is 150 g/mol. The van der Waals surface area contributed by atoms with E-state index in [2.05, 4.69) is 0 Å². The first kappa shape index (κ1) is 8.56. The van der Waals surface area contributed by atoms with E-state index in [-0.39, 0.29) is 5.78 Å². The quantitative estimate of drug-likeness (QED) is 0.437. The molecule has 0 aromatic heterocycles. The SMILES string of the molecule is CC(=O)C=CP(=O)(O)O. The maximum absolute atomic E-state index is 10.1. The predicted molar refractivity (Wildman–Crippen MR) is 31.9 cm³/mol. The Balaban J connectivity index is 4.02. The van der Waals surface area contributed by atoms with E-state index in [1.807, 2.05) is 0 Å². The molecule has 0 fully saturated rings. The zero-order chi connectivity index (χ0) is 7.49. The topological polar surface area (TPSA) is 74.6 Å². The van der Waals surface area contributed by atoms with Gasteiger partial charge in [-0.1, -0.05) is 0 Å². The summed E-state index contributed by atoms with van der Waals surface area (Å²) in [5.41, 5.74) is 0. The smallest absolute Gasteiger partial charge is 0.321 e. The van der Waals surface area contributed by atoms with Gasteiger partial charge in [0.25, 0.3) is 0 Å². The Morgan fingerprint density at radius 2 is 2.00 bits per heavy atom. The molecule has 0 rings (SSSR count). The molecule has 0 aromatic carbocycles. The van der Waals surface area contributed by atoms with Gasteiger partial charge in [0, 0.05) is 5.82 Å². The molecule has 0 saturated heterocycles. The number of allylic oxidation sites excluding steroid dienone is 1. The van der Waals surface area contributed by atoms with Crippen LogP contribution in [0.15, 0.2) is 11.9 Å². The van der Waals surface area contributed by atoms with Crippen molar-refractivity contribution in [1.82, 2.24) is 0 Å². The first-order chi connectivity index (χ1) is 3.92. The van der Waals surface area contributed by atoms with E-state index >= 15 is 0 Å². The molecule has 5 heteroatoms. The average Bonchev–Trinajstić information content (AvgIpc) is 1.59. The highest BCUT2D eigenvalue weighted by Crippen LogP contribution is 2.35. The minimum Gasteiger partial charge on any atom is -0.321 e. The van der Waals surface area contributed by atoms with E-state index in [0.29, 0.717) is 5.82 Å². The molecule has 0 radical (unpaired) electrons. The van der Waals surface area contributed by atoms with Crippen molar-refractivity contribution < 1.29 is 19.1 Å². The van der Waals surface area contributed by atoms with Gasteiger partial charge in [0.05, 0.1) is 0 Å². The highest BCUT2D eigenvalue weighted by Gasteiger charge is 2.04. The van der Waals surface area contributed by atoms with E-state index in [1.54, 1.807) is 0 Å². The normalized spacial score (nSPS) is 12.3. The molecular weight excluding hydrogens is 143 g/mol. The standard InChI is InChI=1S/C4H7O4P/c1-4(5)2-3-9(6,7)8/h2-3H,1H3,(H2,6,7,8). The molecule has 0 aliphatic heterocycles. The van der Waals surface area contributed by atoms with Crippen LogP contribution in [-0.2, 0) is 9.36 Å². The van der Waals surface area contributed by atoms with Crippen molar-refractivity contribution in [3.05, 3.63) is 11.9 Å². The first-order valence-electron chi connectivity index (χ1n) is 2.17. The number of carbonyl (C=O) groups is 1. The zero-order valence-corrected chi connectivity index (χ0v) is 5.71. The highest BCUT2D eigenvalue weighted by atomic mass is 31.2. The lowest BCUT2D eigenvalue weighted by Crippen LogP contribution is -1.79. The van der Waals surface area contributed by atoms with E-state index in [9.17, 15) is 9.36 Å². The average molecular weight is 150 g/mol. The van der Waals surface area contributed by atoms with Crippen LogP contribution >= 0.6 is 7.60 Å². The third-order valence-electron chi connectivity index (χ3n) is 0.503. The summed E-state index contributed by atoms with van der Waals surface area (Å²) in [6.07, 6.45) is 0.848. The van der Waals surface area contributed by atoms with E-state index in [4.69, 9.17) is 9.79 Å². The van der Waals surface area contributed by atoms with E-state index in [1.165, 1.54) is 6.92 Å². The lowest BCUT2D eigenvalue weighted by Gasteiger charge is -1.90. The Labute approximate surface area is 52.4 Å². The largest absolute Gasteiger partial charge is 0.349 e. The van der Waals surface area contributed by atoms with Crippen LogP contribution in [0.25, 0.3) is 0 Å². The maximum atomic E-state index is 10.1. The second-order valence-electron chi connectivity index (χ2n) is 1.52. The molecule has 0 amide bonds. The van der Waals surface area contributed by atoms with Gasteiger partial charge < -0.3 is 9.79 Å². The number of hydrogen-bond acceptors (Lipinski definition) is 2. The number of hydrogen-bond donors (Lipinski definition) is 2. The lowest BCUT2D eigenvalue weighted by atomic mass is 10.5. The Hall–Kier alpha value is -0.440. The van der Waals surface area contributed by atoms with Crippen molar-refractivity contribution in [2.24, 2.45) is 0 Å². The Bertz CT molecular complexity index is 177. The summed E-state index contributed by atoms with van der Waals surface area (Å²) in [6, 6.07) is 0. The molecule has 0 aliphatic rings. The van der Waals surface area contributed by atoms with Crippen LogP contribution in [-0.4, -0.2) is 15.6 Å². The van der Waals surface area contributed by atoms with Crippen molar-refractivity contribution in [2.45, 2.75) is 6.92 Å². The van der Waals surface area contributed by atoms with Crippen molar-refractivity contribution >= 4 is 13.4 Å². The highest BCUT2D eigenvalue weighted by molar-refractivity contribution is 7.55. The van der Waals surface area contributed by atoms with Crippen molar-refractivity contribution in [3.8, 4) is 0 Å². The van der Waals surface area contributed by atoms with Crippen LogP contribution in [0.5, 0.6) is 0 Å². The fourth-order valence-corrected chi connectivity index (χ4v) is 0.606. The summed E-state index contributed by atoms with van der Waals surface area (Å²) in [6.45, 7) is 1.21. The Morgan fingerprint density at radius 1 is 1.56 bits per heavy atom. The summed E-state index contributed by atoms with van der Waals surface area (Å²) in [7, 11) is -4.12. The second kappa shape index (κ2) is 2.92. The molecule has 0 heterocycles. The summed E-state index contributed by atoms with van der Waals surface area (Å²) in [5, 5.41) is 0. The maximum Gasteiger partial charge on any atom is 0.349 e. The first-order valence-corrected chi connectivity index (χ1v) is 3.85. The van der Waals surface area contributed by atoms with Crippen LogP contribution in [0.4, 0.5) is 0 Å². The van der Waals surface area contributed by atoms with Crippen LogP contribution in [0, 0.1) is 0 Å². The van der Waals surface area contributed by atoms with Gasteiger partial charge in [0.2, 0.25) is 0 Å². The molecule has 4 nitrogen and oxygen atoms in total. The van der Waals surface area contributed by atoms with Crippen LogP contribution in [0.1, 0.15) is 6.92 Å². The summed E-state index contributed by atoms with van der Waals surface area (Å²) < 4.78 is 9.99. The van der Waals surface area contributed by atoms with Gasteiger partial charge in [-0.2, -0.15) is 0 Å². The molecular formula is C4H7O4P. The molecule has 0 aromatic rings. The molecule has 0 bridgehead atoms. The molecule has 0 aliphatic carbocycles.